The van der Waals surface area contributed by atoms with Crippen molar-refractivity contribution in [1.29, 1.82) is 0 Å². The number of hydrogen-bond acceptors (Lipinski definition) is 21. The summed E-state index contributed by atoms with van der Waals surface area (Å²) in [5.41, 5.74) is 0.906. The molecule has 21 nitrogen and oxygen atoms in total. The van der Waals surface area contributed by atoms with Gasteiger partial charge in [0.2, 0.25) is 0 Å². The number of epoxide rings is 1. The van der Waals surface area contributed by atoms with Crippen LogP contribution in [0.15, 0.2) is 110 Å². The van der Waals surface area contributed by atoms with Crippen LogP contribution in [0.4, 0.5) is 5.69 Å². The van der Waals surface area contributed by atoms with Crippen LogP contribution >= 0.6 is 11.3 Å². The minimum absolute atomic E-state index is 0.106. The number of benzene rings is 4. The van der Waals surface area contributed by atoms with Gasteiger partial charge in [0.05, 0.1) is 53.5 Å². The molecule has 8 rings (SSSR count). The highest BCUT2D eigenvalue weighted by molar-refractivity contribution is 7.22. The second-order valence-corrected chi connectivity index (χ2v) is 19.4. The molecule has 3 fully saturated rings. The second kappa shape index (κ2) is 26.6. The van der Waals surface area contributed by atoms with Crippen LogP contribution in [0.25, 0.3) is 20.8 Å². The number of nitro benzene ring substituents is 1. The van der Waals surface area contributed by atoms with Crippen LogP contribution in [0.1, 0.15) is 68.1 Å². The number of carbonyl (C=O) groups excluding carboxylic acids is 7. The van der Waals surface area contributed by atoms with Gasteiger partial charge in [-0.1, -0.05) is 13.2 Å². The number of aromatic nitrogens is 1. The Morgan fingerprint density at radius 3 is 1.71 bits per heavy atom. The highest BCUT2D eigenvalue weighted by atomic mass is 32.1. The summed E-state index contributed by atoms with van der Waals surface area (Å²) < 4.78 is 55.0. The van der Waals surface area contributed by atoms with E-state index in [9.17, 15) is 43.7 Å². The van der Waals surface area contributed by atoms with Crippen molar-refractivity contribution in [2.24, 2.45) is 23.7 Å². The van der Waals surface area contributed by atoms with E-state index in [4.69, 9.17) is 52.4 Å². The van der Waals surface area contributed by atoms with E-state index in [1.54, 1.807) is 24.3 Å². The number of fused-ring (bicyclic) bond motifs is 1. The zero-order valence-electron chi connectivity index (χ0n) is 42.1. The Morgan fingerprint density at radius 1 is 0.654 bits per heavy atom. The maximum atomic E-state index is 13.8. The van der Waals surface area contributed by atoms with Crippen LogP contribution in [0.2, 0.25) is 0 Å². The van der Waals surface area contributed by atoms with Crippen LogP contribution in [0.3, 0.4) is 0 Å². The topological polar surface area (TPSA) is 271 Å². The van der Waals surface area contributed by atoms with Gasteiger partial charge in [-0.05, 0) is 131 Å². The quantitative estimate of drug-likeness (QED) is 0.00643. The second-order valence-electron chi connectivity index (χ2n) is 18.4. The molecule has 0 spiro atoms. The van der Waals surface area contributed by atoms with Crippen molar-refractivity contribution in [3.8, 4) is 39.3 Å². The van der Waals surface area contributed by atoms with Crippen LogP contribution in [-0.4, -0.2) is 97.1 Å². The lowest BCUT2D eigenvalue weighted by molar-refractivity contribution is -0.384. The smallest absolute Gasteiger partial charge is 0.340 e. The summed E-state index contributed by atoms with van der Waals surface area (Å²) in [4.78, 5) is 105. The molecule has 1 aromatic heterocycles. The van der Waals surface area contributed by atoms with Crippen molar-refractivity contribution in [3.05, 3.63) is 126 Å². The van der Waals surface area contributed by atoms with Gasteiger partial charge in [-0.3, -0.25) is 29.3 Å². The van der Waals surface area contributed by atoms with Gasteiger partial charge >= 0.3 is 41.8 Å². The van der Waals surface area contributed by atoms with Crippen LogP contribution in [-0.2, 0) is 52.5 Å². The first-order chi connectivity index (χ1) is 37.7. The maximum absolute atomic E-state index is 13.8. The first-order valence-corrected chi connectivity index (χ1v) is 25.9. The summed E-state index contributed by atoms with van der Waals surface area (Å²) in [6, 6.07) is 20.9. The molecule has 3 aliphatic rings. The lowest BCUT2D eigenvalue weighted by Gasteiger charge is -2.26. The number of rotatable bonds is 24. The third-order valence-corrected chi connectivity index (χ3v) is 14.2. The van der Waals surface area contributed by atoms with Gasteiger partial charge < -0.3 is 47.4 Å². The number of hydrogen-bond donors (Lipinski definition) is 0. The highest BCUT2D eigenvalue weighted by Crippen LogP contribution is 2.43. The zero-order chi connectivity index (χ0) is 55.1. The van der Waals surface area contributed by atoms with Gasteiger partial charge in [-0.25, -0.2) is 19.4 Å². The van der Waals surface area contributed by atoms with E-state index in [2.05, 4.69) is 13.2 Å². The van der Waals surface area contributed by atoms with Gasteiger partial charge in [0, 0.05) is 29.8 Å². The Morgan fingerprint density at radius 2 is 1.17 bits per heavy atom. The van der Waals surface area contributed by atoms with E-state index in [1.165, 1.54) is 60.7 Å². The summed E-state index contributed by atoms with van der Waals surface area (Å²) in [6.07, 6.45) is 4.70. The first-order valence-electron chi connectivity index (χ1n) is 25.1. The monoisotopic (exact) mass is 1090 g/mol. The molecule has 22 heteroatoms. The van der Waals surface area contributed by atoms with Crippen molar-refractivity contribution in [2.75, 3.05) is 33.2 Å². The molecule has 408 valence electrons. The molecular formula is C56H54N2O19S. The number of carbonyl (C=O) groups is 7. The lowest BCUT2D eigenvalue weighted by Crippen LogP contribution is -2.30. The van der Waals surface area contributed by atoms with Crippen molar-refractivity contribution in [3.63, 3.8) is 0 Å². The van der Waals surface area contributed by atoms with E-state index in [0.29, 0.717) is 79.0 Å². The van der Waals surface area contributed by atoms with Gasteiger partial charge in [0.1, 0.15) is 45.7 Å². The summed E-state index contributed by atoms with van der Waals surface area (Å²) in [7, 11) is 0. The number of ether oxygens (including phenoxy) is 10. The minimum atomic E-state index is -0.935. The molecule has 1 saturated heterocycles. The Hall–Kier alpha value is -8.34. The predicted octanol–water partition coefficient (Wildman–Crippen LogP) is 8.63. The predicted molar refractivity (Wildman–Crippen MR) is 275 cm³/mol. The number of nitro groups is 1. The molecule has 2 heterocycles. The Kier molecular flexibility index (Phi) is 19.1. The molecule has 2 unspecified atom stereocenters. The summed E-state index contributed by atoms with van der Waals surface area (Å²) in [5, 5.41) is 11.8. The molecule has 1 aliphatic heterocycles. The van der Waals surface area contributed by atoms with Gasteiger partial charge in [0.25, 0.3) is 5.69 Å². The summed E-state index contributed by atoms with van der Waals surface area (Å²) in [5.74, 6) is -4.97. The molecule has 0 N–H and O–H groups in total. The molecule has 0 bridgehead atoms. The van der Waals surface area contributed by atoms with Crippen molar-refractivity contribution in [1.82, 2.24) is 4.98 Å². The van der Waals surface area contributed by atoms with E-state index in [0.717, 1.165) is 36.5 Å². The molecule has 2 saturated carbocycles. The largest absolute Gasteiger partial charge is 0.490 e. The van der Waals surface area contributed by atoms with Gasteiger partial charge in [-0.15, -0.1) is 11.3 Å². The fourth-order valence-corrected chi connectivity index (χ4v) is 9.62. The first kappa shape index (κ1) is 55.9. The van der Waals surface area contributed by atoms with Crippen LogP contribution in [0, 0.1) is 33.8 Å². The van der Waals surface area contributed by atoms with E-state index in [1.807, 2.05) is 0 Å². The summed E-state index contributed by atoms with van der Waals surface area (Å²) in [6.45, 7) is 7.19. The molecular weight excluding hydrogens is 1040 g/mol. The molecule has 0 amide bonds. The number of esters is 7. The fourth-order valence-electron chi connectivity index (χ4n) is 8.59. The minimum Gasteiger partial charge on any atom is -0.490 e. The zero-order valence-corrected chi connectivity index (χ0v) is 42.9. The number of non-ortho nitro benzene ring substituents is 1. The Bertz CT molecular complexity index is 3010. The average molecular weight is 1090 g/mol. The van der Waals surface area contributed by atoms with E-state index in [-0.39, 0.29) is 65.9 Å². The standard InChI is InChI=1S/C56H54N2O19S/c1-3-47(59)71-31-44(73-48(60)4-2)30-69-40-21-23-42(24-22-40)75-54(63)36-7-11-38(12-8-36)56(65)77-46-26-25-45(49-50(46)78-51(57-49)33-13-17-39(18-14-33)58(66)67)76-55(64)37-9-5-35(6-10-37)53(62)74-41-19-15-34(16-20-41)52(61)72-32-68-28-27-43-29-70-43/h3-4,13-26,35-38,43-44H,1-2,5-12,27-32H2. The molecule has 0 radical (unpaired) electrons. The molecule has 2 aliphatic carbocycles. The Labute approximate surface area is 450 Å². The SMILES string of the molecule is C=CC(=O)OCC(COc1ccc(OC(=O)C2CCC(C(=O)Oc3ccc(OC(=O)C4CCC(C(=O)Oc5ccc(C(=O)OCOCCC6CO6)cc5)CC4)c4nc(-c5ccc([N+](=O)[O-])cc5)sc34)CC2)cc1)OC(=O)C=C. The van der Waals surface area contributed by atoms with E-state index >= 15 is 0 Å². The summed E-state index contributed by atoms with van der Waals surface area (Å²) >= 11 is 1.14. The van der Waals surface area contributed by atoms with Gasteiger partial charge in [0.15, 0.2) is 24.4 Å². The molecule has 4 aromatic carbocycles. The van der Waals surface area contributed by atoms with E-state index < -0.39 is 76.5 Å². The number of nitrogens with zero attached hydrogens (tertiary/aromatic N) is 2. The molecule has 5 aromatic rings. The highest BCUT2D eigenvalue weighted by Gasteiger charge is 2.35. The number of thiazole rings is 1. The van der Waals surface area contributed by atoms with Crippen molar-refractivity contribution < 1.29 is 85.9 Å². The van der Waals surface area contributed by atoms with Crippen LogP contribution in [0.5, 0.6) is 28.7 Å². The third-order valence-electron chi connectivity index (χ3n) is 13.1. The van der Waals surface area contributed by atoms with Gasteiger partial charge in [-0.2, -0.15) is 0 Å². The maximum Gasteiger partial charge on any atom is 0.340 e. The van der Waals surface area contributed by atoms with Crippen molar-refractivity contribution in [2.45, 2.75) is 70.0 Å². The molecule has 78 heavy (non-hydrogen) atoms. The third kappa shape index (κ3) is 15.4. The average Bonchev–Trinajstić information content (AvgIpc) is 4.18. The van der Waals surface area contributed by atoms with Crippen molar-refractivity contribution >= 4 is 69.0 Å². The lowest BCUT2D eigenvalue weighted by atomic mass is 9.82. The fraction of sp³-hybridized carbons (Fsp3) is 0.357. The molecule has 2 atom stereocenters. The Balaban J connectivity index is 0.835. The van der Waals surface area contributed by atoms with Crippen LogP contribution < -0.4 is 23.7 Å². The normalized spacial score (nSPS) is 18.9.